The van der Waals surface area contributed by atoms with Crippen molar-refractivity contribution in [3.05, 3.63) is 23.8 Å². The van der Waals surface area contributed by atoms with Crippen LogP contribution >= 0.6 is 0 Å². The molecule has 2 saturated carbocycles. The summed E-state index contributed by atoms with van der Waals surface area (Å²) < 4.78 is 5.41. The molecule has 0 amide bonds. The number of cyclic esters (lactones) is 1. The van der Waals surface area contributed by atoms with Gasteiger partial charge in [-0.05, 0) is 73.5 Å². The first kappa shape index (κ1) is 23.6. The van der Waals surface area contributed by atoms with Crippen molar-refractivity contribution in [2.45, 2.75) is 105 Å². The number of allylic oxidation sites excluding steroid dienone is 2. The predicted octanol–water partition coefficient (Wildman–Crippen LogP) is 7.88. The Hall–Kier alpha value is -1.05. The molecule has 0 radical (unpaired) electrons. The Morgan fingerprint density at radius 3 is 2.50 bits per heavy atom. The lowest BCUT2D eigenvalue weighted by Crippen LogP contribution is -2.53. The van der Waals surface area contributed by atoms with E-state index in [4.69, 9.17) is 4.74 Å². The Kier molecular flexibility index (Phi) is 7.57. The van der Waals surface area contributed by atoms with Crippen LogP contribution in [-0.2, 0) is 9.53 Å². The fourth-order valence-corrected chi connectivity index (χ4v) is 7.85. The highest BCUT2D eigenvalue weighted by atomic mass is 16.5. The second-order valence-corrected chi connectivity index (χ2v) is 11.1. The van der Waals surface area contributed by atoms with Crippen molar-refractivity contribution in [3.8, 4) is 0 Å². The van der Waals surface area contributed by atoms with Gasteiger partial charge in [0, 0.05) is 11.5 Å². The number of carbonyl (C=O) groups is 1. The van der Waals surface area contributed by atoms with Gasteiger partial charge < -0.3 is 4.74 Å². The fourth-order valence-electron chi connectivity index (χ4n) is 7.85. The summed E-state index contributed by atoms with van der Waals surface area (Å²) in [4.78, 5) is 12.4. The summed E-state index contributed by atoms with van der Waals surface area (Å²) in [5.41, 5.74) is 3.13. The van der Waals surface area contributed by atoms with Gasteiger partial charge in [-0.1, -0.05) is 78.5 Å². The Bertz CT molecular complexity index is 662. The van der Waals surface area contributed by atoms with Gasteiger partial charge >= 0.3 is 5.97 Å². The first-order valence-corrected chi connectivity index (χ1v) is 12.9. The van der Waals surface area contributed by atoms with E-state index in [1.165, 1.54) is 50.5 Å². The highest BCUT2D eigenvalue weighted by Crippen LogP contribution is 2.65. The zero-order valence-electron chi connectivity index (χ0n) is 20.4. The van der Waals surface area contributed by atoms with Crippen LogP contribution in [0.1, 0.15) is 105 Å². The molecule has 0 aromatic rings. The molecular formula is C28H46O2. The summed E-state index contributed by atoms with van der Waals surface area (Å²) in [6.45, 7) is 17.2. The van der Waals surface area contributed by atoms with E-state index in [0.29, 0.717) is 29.3 Å². The van der Waals surface area contributed by atoms with Crippen LogP contribution in [0.3, 0.4) is 0 Å². The highest BCUT2D eigenvalue weighted by Gasteiger charge is 2.56. The van der Waals surface area contributed by atoms with E-state index in [2.05, 4.69) is 47.3 Å². The first-order valence-electron chi connectivity index (χ1n) is 12.9. The van der Waals surface area contributed by atoms with Crippen molar-refractivity contribution in [1.29, 1.82) is 0 Å². The molecule has 1 heterocycles. The van der Waals surface area contributed by atoms with Gasteiger partial charge in [-0.15, -0.1) is 0 Å². The molecule has 0 aromatic carbocycles. The maximum Gasteiger partial charge on any atom is 0.334 e. The molecule has 2 aliphatic carbocycles. The van der Waals surface area contributed by atoms with Crippen LogP contribution in [0.2, 0.25) is 0 Å². The van der Waals surface area contributed by atoms with Gasteiger partial charge in [-0.25, -0.2) is 4.79 Å². The minimum absolute atomic E-state index is 0.0703. The van der Waals surface area contributed by atoms with Crippen LogP contribution in [0.4, 0.5) is 0 Å². The normalized spacial score (nSPS) is 40.5. The van der Waals surface area contributed by atoms with Crippen molar-refractivity contribution in [2.75, 3.05) is 6.61 Å². The van der Waals surface area contributed by atoms with E-state index >= 15 is 0 Å². The van der Waals surface area contributed by atoms with E-state index in [-0.39, 0.29) is 5.97 Å². The standard InChI is InChI=1S/C28H46O2/c1-7-10-21-19-30-26(29)23(21)13-14-24-20(4)12-15-25-27(5,17-9-3)22(11-8-2)16-18-28(24,25)6/h13,21-22,24-25H,4,7-12,14-19H2,1-3,5-6H3/b23-13+/t21-,22-,24-,25?,27-,28+/m1/s1. The molecule has 3 rings (SSSR count). The summed E-state index contributed by atoms with van der Waals surface area (Å²) in [5, 5.41) is 0. The topological polar surface area (TPSA) is 26.3 Å². The van der Waals surface area contributed by atoms with Crippen LogP contribution in [-0.4, -0.2) is 12.6 Å². The molecule has 1 aliphatic heterocycles. The molecule has 2 heteroatoms. The van der Waals surface area contributed by atoms with E-state index in [1.807, 2.05) is 0 Å². The number of hydrogen-bond donors (Lipinski definition) is 0. The Morgan fingerprint density at radius 2 is 1.83 bits per heavy atom. The van der Waals surface area contributed by atoms with E-state index in [1.54, 1.807) is 0 Å². The third-order valence-electron chi connectivity index (χ3n) is 9.33. The quantitative estimate of drug-likeness (QED) is 0.229. The van der Waals surface area contributed by atoms with Gasteiger partial charge in [0.1, 0.15) is 0 Å². The maximum atomic E-state index is 12.4. The van der Waals surface area contributed by atoms with Crippen molar-refractivity contribution in [3.63, 3.8) is 0 Å². The van der Waals surface area contributed by atoms with Gasteiger partial charge in [-0.3, -0.25) is 0 Å². The average molecular weight is 415 g/mol. The lowest BCUT2D eigenvalue weighted by molar-refractivity contribution is -0.135. The van der Waals surface area contributed by atoms with Gasteiger partial charge in [0.2, 0.25) is 0 Å². The average Bonchev–Trinajstić information content (AvgIpc) is 3.04. The van der Waals surface area contributed by atoms with Crippen LogP contribution in [0.15, 0.2) is 23.8 Å². The first-order chi connectivity index (χ1) is 14.3. The van der Waals surface area contributed by atoms with Crippen molar-refractivity contribution >= 4 is 5.97 Å². The molecule has 3 fully saturated rings. The molecule has 2 nitrogen and oxygen atoms in total. The number of ether oxygens (including phenoxy) is 1. The SMILES string of the molecule is C=C1CCC2[C@](C)(CCC)[C@H](CCC)CC[C@@]2(C)[C@@H]1C/C=C1/C(=O)OC[C@H]1CCC. The summed E-state index contributed by atoms with van der Waals surface area (Å²) in [5.74, 6) is 2.36. The molecule has 0 N–H and O–H groups in total. The second kappa shape index (κ2) is 9.61. The zero-order valence-corrected chi connectivity index (χ0v) is 20.4. The molecule has 6 atom stereocenters. The summed E-state index contributed by atoms with van der Waals surface area (Å²) in [6.07, 6.45) is 15.8. The van der Waals surface area contributed by atoms with E-state index in [9.17, 15) is 4.79 Å². The molecule has 1 unspecified atom stereocenters. The third-order valence-corrected chi connectivity index (χ3v) is 9.33. The molecule has 0 aromatic heterocycles. The number of hydrogen-bond acceptors (Lipinski definition) is 2. The van der Waals surface area contributed by atoms with Crippen molar-refractivity contribution < 1.29 is 9.53 Å². The van der Waals surface area contributed by atoms with Crippen LogP contribution in [0.25, 0.3) is 0 Å². The predicted molar refractivity (Wildman–Crippen MR) is 126 cm³/mol. The summed E-state index contributed by atoms with van der Waals surface area (Å²) >= 11 is 0. The van der Waals surface area contributed by atoms with Crippen LogP contribution < -0.4 is 0 Å². The molecule has 170 valence electrons. The van der Waals surface area contributed by atoms with Crippen molar-refractivity contribution in [1.82, 2.24) is 0 Å². The Labute approximate surface area is 185 Å². The summed E-state index contributed by atoms with van der Waals surface area (Å²) in [6, 6.07) is 0. The van der Waals surface area contributed by atoms with E-state index < -0.39 is 0 Å². The molecule has 0 bridgehead atoms. The van der Waals surface area contributed by atoms with E-state index in [0.717, 1.165) is 43.1 Å². The molecular weight excluding hydrogens is 368 g/mol. The highest BCUT2D eigenvalue weighted by molar-refractivity contribution is 5.91. The largest absolute Gasteiger partial charge is 0.462 e. The number of fused-ring (bicyclic) bond motifs is 1. The smallest absolute Gasteiger partial charge is 0.334 e. The minimum Gasteiger partial charge on any atom is -0.462 e. The second-order valence-electron chi connectivity index (χ2n) is 11.1. The lowest BCUT2D eigenvalue weighted by atomic mass is 9.43. The molecule has 0 spiro atoms. The summed E-state index contributed by atoms with van der Waals surface area (Å²) in [7, 11) is 0. The van der Waals surface area contributed by atoms with Gasteiger partial charge in [0.25, 0.3) is 0 Å². The third kappa shape index (κ3) is 4.17. The molecule has 3 aliphatic rings. The fraction of sp³-hybridized carbons (Fsp3) is 0.821. The van der Waals surface area contributed by atoms with Gasteiger partial charge in [0.15, 0.2) is 0 Å². The maximum absolute atomic E-state index is 12.4. The van der Waals surface area contributed by atoms with Crippen molar-refractivity contribution in [2.24, 2.45) is 34.5 Å². The molecule has 1 saturated heterocycles. The Morgan fingerprint density at radius 1 is 1.10 bits per heavy atom. The number of carbonyl (C=O) groups excluding carboxylic acids is 1. The van der Waals surface area contributed by atoms with Gasteiger partial charge in [-0.2, -0.15) is 0 Å². The number of rotatable bonds is 8. The van der Waals surface area contributed by atoms with Crippen LogP contribution in [0.5, 0.6) is 0 Å². The Balaban J connectivity index is 1.88. The minimum atomic E-state index is -0.0703. The number of esters is 1. The van der Waals surface area contributed by atoms with Gasteiger partial charge in [0.05, 0.1) is 6.61 Å². The zero-order chi connectivity index (χ0) is 21.9. The van der Waals surface area contributed by atoms with Crippen LogP contribution in [0, 0.1) is 34.5 Å². The monoisotopic (exact) mass is 414 g/mol. The lowest BCUT2D eigenvalue weighted by Gasteiger charge is -2.62. The molecule has 30 heavy (non-hydrogen) atoms.